The zero-order valence-electron chi connectivity index (χ0n) is 18.8. The topological polar surface area (TPSA) is 84.9 Å². The minimum atomic E-state index is -1.03. The SMILES string of the molecule is C=CC[C@H](O)CC(NC(=O)OCC1c2ccccc2-c2ccccc21)C(=O)OC(C)(C)C. The van der Waals surface area contributed by atoms with Crippen molar-refractivity contribution in [2.24, 2.45) is 0 Å². The van der Waals surface area contributed by atoms with E-state index in [9.17, 15) is 14.7 Å². The molecule has 0 aliphatic heterocycles. The summed E-state index contributed by atoms with van der Waals surface area (Å²) in [5, 5.41) is 12.7. The molecule has 170 valence electrons. The van der Waals surface area contributed by atoms with E-state index in [2.05, 4.69) is 24.0 Å². The third-order valence-electron chi connectivity index (χ3n) is 5.27. The first-order valence-corrected chi connectivity index (χ1v) is 10.8. The minimum absolute atomic E-state index is 0.00509. The van der Waals surface area contributed by atoms with Crippen LogP contribution in [0.25, 0.3) is 11.1 Å². The molecule has 32 heavy (non-hydrogen) atoms. The van der Waals surface area contributed by atoms with Gasteiger partial charge in [-0.1, -0.05) is 54.6 Å². The lowest BCUT2D eigenvalue weighted by Crippen LogP contribution is -2.46. The van der Waals surface area contributed by atoms with Crippen LogP contribution >= 0.6 is 0 Å². The van der Waals surface area contributed by atoms with Gasteiger partial charge >= 0.3 is 12.1 Å². The molecule has 2 aromatic carbocycles. The Labute approximate surface area is 189 Å². The Bertz CT molecular complexity index is 933. The Morgan fingerprint density at radius 3 is 2.19 bits per heavy atom. The maximum absolute atomic E-state index is 12.6. The Morgan fingerprint density at radius 1 is 1.09 bits per heavy atom. The summed E-state index contributed by atoms with van der Waals surface area (Å²) < 4.78 is 10.9. The molecule has 1 amide bonds. The number of benzene rings is 2. The van der Waals surface area contributed by atoms with Crippen LogP contribution in [-0.4, -0.2) is 41.5 Å². The molecule has 0 saturated heterocycles. The Kier molecular flexibility index (Phi) is 7.36. The molecule has 1 aliphatic carbocycles. The maximum atomic E-state index is 12.6. The molecule has 0 bridgehead atoms. The van der Waals surface area contributed by atoms with E-state index in [0.717, 1.165) is 22.3 Å². The van der Waals surface area contributed by atoms with Gasteiger partial charge in [-0.3, -0.25) is 0 Å². The summed E-state index contributed by atoms with van der Waals surface area (Å²) in [7, 11) is 0. The lowest BCUT2D eigenvalue weighted by atomic mass is 9.98. The summed E-state index contributed by atoms with van der Waals surface area (Å²) in [5.41, 5.74) is 3.76. The van der Waals surface area contributed by atoms with Crippen LogP contribution in [0.2, 0.25) is 0 Å². The number of hydrogen-bond donors (Lipinski definition) is 2. The molecule has 6 nitrogen and oxygen atoms in total. The van der Waals surface area contributed by atoms with E-state index in [1.807, 2.05) is 36.4 Å². The van der Waals surface area contributed by atoms with E-state index in [4.69, 9.17) is 9.47 Å². The molecule has 2 atom stereocenters. The highest BCUT2D eigenvalue weighted by molar-refractivity contribution is 5.82. The number of rotatable bonds is 8. The first-order valence-electron chi connectivity index (χ1n) is 10.8. The highest BCUT2D eigenvalue weighted by atomic mass is 16.6. The molecule has 1 aliphatic rings. The average Bonchev–Trinajstić information content (AvgIpc) is 3.04. The van der Waals surface area contributed by atoms with E-state index >= 15 is 0 Å². The van der Waals surface area contributed by atoms with Gasteiger partial charge in [-0.15, -0.1) is 6.58 Å². The normalized spacial score (nSPS) is 14.6. The van der Waals surface area contributed by atoms with Crippen LogP contribution in [0.3, 0.4) is 0 Å². The van der Waals surface area contributed by atoms with Gasteiger partial charge in [0, 0.05) is 12.3 Å². The number of fused-ring (bicyclic) bond motifs is 3. The summed E-state index contributed by atoms with van der Waals surface area (Å²) in [6.45, 7) is 8.97. The highest BCUT2D eigenvalue weighted by Gasteiger charge is 2.31. The summed E-state index contributed by atoms with van der Waals surface area (Å²) in [6.07, 6.45) is 0.299. The van der Waals surface area contributed by atoms with Gasteiger partial charge in [-0.05, 0) is 49.4 Å². The zero-order chi connectivity index (χ0) is 23.3. The number of ether oxygens (including phenoxy) is 2. The number of carbonyl (C=O) groups is 2. The van der Waals surface area contributed by atoms with Crippen molar-refractivity contribution in [1.82, 2.24) is 5.32 Å². The number of esters is 1. The second kappa shape index (κ2) is 10.0. The van der Waals surface area contributed by atoms with Crippen LogP contribution in [-0.2, 0) is 14.3 Å². The summed E-state index contributed by atoms with van der Waals surface area (Å²) in [4.78, 5) is 25.2. The van der Waals surface area contributed by atoms with Crippen LogP contribution in [0.15, 0.2) is 61.2 Å². The molecule has 0 heterocycles. The smallest absolute Gasteiger partial charge is 0.407 e. The maximum Gasteiger partial charge on any atom is 0.407 e. The van der Waals surface area contributed by atoms with Crippen LogP contribution in [0.5, 0.6) is 0 Å². The fraction of sp³-hybridized carbons (Fsp3) is 0.385. The number of aliphatic hydroxyl groups is 1. The van der Waals surface area contributed by atoms with Gasteiger partial charge in [0.1, 0.15) is 18.2 Å². The number of carbonyl (C=O) groups excluding carboxylic acids is 2. The molecular weight excluding hydrogens is 406 g/mol. The van der Waals surface area contributed by atoms with Gasteiger partial charge in [-0.2, -0.15) is 0 Å². The summed E-state index contributed by atoms with van der Waals surface area (Å²) in [6, 6.07) is 15.1. The number of aliphatic hydroxyl groups excluding tert-OH is 1. The molecule has 0 saturated carbocycles. The molecule has 0 radical (unpaired) electrons. The zero-order valence-corrected chi connectivity index (χ0v) is 18.8. The largest absolute Gasteiger partial charge is 0.458 e. The van der Waals surface area contributed by atoms with E-state index in [1.165, 1.54) is 0 Å². The third kappa shape index (κ3) is 5.77. The quantitative estimate of drug-likeness (QED) is 0.467. The van der Waals surface area contributed by atoms with Gasteiger partial charge in [0.05, 0.1) is 6.10 Å². The van der Waals surface area contributed by atoms with Gasteiger partial charge in [0.2, 0.25) is 0 Å². The Morgan fingerprint density at radius 2 is 1.66 bits per heavy atom. The second-order valence-corrected chi connectivity index (χ2v) is 8.97. The molecule has 0 fully saturated rings. The number of nitrogens with one attached hydrogen (secondary N) is 1. The monoisotopic (exact) mass is 437 g/mol. The molecule has 2 aromatic rings. The lowest BCUT2D eigenvalue weighted by molar-refractivity contribution is -0.158. The van der Waals surface area contributed by atoms with E-state index in [-0.39, 0.29) is 18.9 Å². The third-order valence-corrected chi connectivity index (χ3v) is 5.27. The van der Waals surface area contributed by atoms with Gasteiger partial charge in [-0.25, -0.2) is 9.59 Å². The van der Waals surface area contributed by atoms with Crippen molar-refractivity contribution in [3.8, 4) is 11.1 Å². The van der Waals surface area contributed by atoms with E-state index < -0.39 is 29.8 Å². The highest BCUT2D eigenvalue weighted by Crippen LogP contribution is 2.44. The van der Waals surface area contributed by atoms with Crippen molar-refractivity contribution < 1.29 is 24.2 Å². The van der Waals surface area contributed by atoms with Crippen molar-refractivity contribution in [2.45, 2.75) is 57.3 Å². The number of alkyl carbamates (subject to hydrolysis) is 1. The van der Waals surface area contributed by atoms with Crippen molar-refractivity contribution in [2.75, 3.05) is 6.61 Å². The van der Waals surface area contributed by atoms with Crippen molar-refractivity contribution in [3.63, 3.8) is 0 Å². The van der Waals surface area contributed by atoms with Crippen molar-refractivity contribution in [3.05, 3.63) is 72.3 Å². The van der Waals surface area contributed by atoms with Crippen molar-refractivity contribution in [1.29, 1.82) is 0 Å². The standard InChI is InChI=1S/C26H31NO5/c1-5-10-17(28)15-23(24(29)32-26(2,3)4)27-25(30)31-16-22-20-13-8-6-11-18(20)19-12-7-9-14-21(19)22/h5-9,11-14,17,22-23,28H,1,10,15-16H2,2-4H3,(H,27,30)/t17-,23?/m0/s1. The van der Waals surface area contributed by atoms with E-state index in [0.29, 0.717) is 6.42 Å². The van der Waals surface area contributed by atoms with E-state index in [1.54, 1.807) is 26.8 Å². The number of hydrogen-bond acceptors (Lipinski definition) is 5. The lowest BCUT2D eigenvalue weighted by Gasteiger charge is -2.25. The fourth-order valence-corrected chi connectivity index (χ4v) is 3.93. The fourth-order valence-electron chi connectivity index (χ4n) is 3.93. The first-order chi connectivity index (χ1) is 15.2. The second-order valence-electron chi connectivity index (χ2n) is 8.97. The first kappa shape index (κ1) is 23.5. The molecule has 3 rings (SSSR count). The molecule has 2 N–H and O–H groups in total. The van der Waals surface area contributed by atoms with Crippen LogP contribution in [0.1, 0.15) is 50.7 Å². The molecular formula is C26H31NO5. The minimum Gasteiger partial charge on any atom is -0.458 e. The Hall–Kier alpha value is -3.12. The van der Waals surface area contributed by atoms with Crippen molar-refractivity contribution >= 4 is 12.1 Å². The number of amides is 1. The van der Waals surface area contributed by atoms with Gasteiger partial charge in [0.15, 0.2) is 0 Å². The van der Waals surface area contributed by atoms with Crippen LogP contribution in [0.4, 0.5) is 4.79 Å². The molecule has 0 aromatic heterocycles. The molecule has 1 unspecified atom stereocenters. The Balaban J connectivity index is 1.68. The molecule has 0 spiro atoms. The van der Waals surface area contributed by atoms with Crippen LogP contribution < -0.4 is 5.32 Å². The van der Waals surface area contributed by atoms with Crippen LogP contribution in [0, 0.1) is 0 Å². The predicted octanol–water partition coefficient (Wildman–Crippen LogP) is 4.56. The summed E-state index contributed by atoms with van der Waals surface area (Å²) >= 11 is 0. The predicted molar refractivity (Wildman–Crippen MR) is 123 cm³/mol. The average molecular weight is 438 g/mol. The summed E-state index contributed by atoms with van der Waals surface area (Å²) in [5.74, 6) is -0.700. The van der Waals surface area contributed by atoms with Gasteiger partial charge in [0.25, 0.3) is 0 Å². The molecule has 6 heteroatoms. The van der Waals surface area contributed by atoms with Gasteiger partial charge < -0.3 is 19.9 Å².